The monoisotopic (exact) mass is 614 g/mol. The zero-order valence-electron chi connectivity index (χ0n) is 26.0. The Kier molecular flexibility index (Phi) is 16.9. The van der Waals surface area contributed by atoms with E-state index in [0.717, 1.165) is 37.7 Å². The summed E-state index contributed by atoms with van der Waals surface area (Å²) in [7, 11) is 0. The molecule has 2 aromatic rings. The number of nitrogens with one attached hydrogen (secondary N) is 3. The van der Waals surface area contributed by atoms with Gasteiger partial charge in [-0.25, -0.2) is 0 Å². The second-order valence-electron chi connectivity index (χ2n) is 11.2. The van der Waals surface area contributed by atoms with Crippen LogP contribution in [0.5, 0.6) is 0 Å². The van der Waals surface area contributed by atoms with Crippen molar-refractivity contribution in [3.8, 4) is 0 Å². The number of aliphatic hydroxyl groups is 2. The Labute approximate surface area is 261 Å². The Morgan fingerprint density at radius 3 is 2.09 bits per heavy atom. The van der Waals surface area contributed by atoms with Crippen molar-refractivity contribution in [2.24, 2.45) is 5.92 Å². The molecule has 0 bridgehead atoms. The van der Waals surface area contributed by atoms with Crippen molar-refractivity contribution in [3.63, 3.8) is 0 Å². The van der Waals surface area contributed by atoms with Crippen LogP contribution in [-0.4, -0.2) is 75.3 Å². The number of pyridine rings is 1. The van der Waals surface area contributed by atoms with E-state index in [1.54, 1.807) is 30.1 Å². The van der Waals surface area contributed by atoms with Gasteiger partial charge in [0.2, 0.25) is 11.8 Å². The van der Waals surface area contributed by atoms with E-state index in [1.165, 1.54) is 13.1 Å². The highest BCUT2D eigenvalue weighted by atomic mass is 32.2. The third-order valence-electron chi connectivity index (χ3n) is 7.63. The fourth-order valence-corrected chi connectivity index (χ4v) is 5.87. The maximum Gasteiger partial charge on any atom is 0.253 e. The van der Waals surface area contributed by atoms with E-state index in [2.05, 4.69) is 34.8 Å². The van der Waals surface area contributed by atoms with E-state index in [-0.39, 0.29) is 12.3 Å². The van der Waals surface area contributed by atoms with Crippen LogP contribution in [0.1, 0.15) is 81.6 Å². The molecule has 10 heteroatoms. The summed E-state index contributed by atoms with van der Waals surface area (Å²) in [6.07, 6.45) is 8.31. The molecule has 0 radical (unpaired) electrons. The molecule has 1 heterocycles. The first-order valence-corrected chi connectivity index (χ1v) is 16.8. The van der Waals surface area contributed by atoms with Gasteiger partial charge >= 0.3 is 0 Å². The van der Waals surface area contributed by atoms with Crippen LogP contribution >= 0.6 is 11.8 Å². The normalized spacial score (nSPS) is 14.8. The van der Waals surface area contributed by atoms with Crippen LogP contribution in [0.2, 0.25) is 0 Å². The number of hydrogen-bond acceptors (Lipinski definition) is 7. The first-order valence-electron chi connectivity index (χ1n) is 15.4. The molecule has 0 aliphatic heterocycles. The zero-order chi connectivity index (χ0) is 31.6. The molecule has 0 spiro atoms. The number of amides is 3. The number of rotatable bonds is 20. The van der Waals surface area contributed by atoms with E-state index in [9.17, 15) is 24.6 Å². The highest BCUT2D eigenvalue weighted by Gasteiger charge is 2.35. The molecule has 1 aromatic carbocycles. The van der Waals surface area contributed by atoms with Crippen LogP contribution < -0.4 is 16.0 Å². The van der Waals surface area contributed by atoms with Gasteiger partial charge in [-0.3, -0.25) is 19.4 Å². The number of nitrogens with zero attached hydrogens (tertiary/aromatic N) is 1. The number of aliphatic hydroxyl groups excluding tert-OH is 2. The van der Waals surface area contributed by atoms with E-state index in [1.807, 2.05) is 36.6 Å². The van der Waals surface area contributed by atoms with Gasteiger partial charge in [-0.15, -0.1) is 0 Å². The van der Waals surface area contributed by atoms with E-state index >= 15 is 0 Å². The van der Waals surface area contributed by atoms with Crippen molar-refractivity contribution in [3.05, 3.63) is 66.0 Å². The highest BCUT2D eigenvalue weighted by molar-refractivity contribution is 7.98. The SMILES string of the molecule is CCCC(CCC)CC[C@@H](NC(=O)c1cccnc1)C(=O)N[C@@H](Cc1ccccc1)[C@@H](O)[C@H](O)[C@@H](CCSC)NC(C)=O. The smallest absolute Gasteiger partial charge is 0.253 e. The second kappa shape index (κ2) is 20.1. The average molecular weight is 615 g/mol. The van der Waals surface area contributed by atoms with Crippen molar-refractivity contribution in [2.75, 3.05) is 12.0 Å². The Balaban J connectivity index is 2.33. The highest BCUT2D eigenvalue weighted by Crippen LogP contribution is 2.21. The lowest BCUT2D eigenvalue weighted by molar-refractivity contribution is -0.127. The summed E-state index contributed by atoms with van der Waals surface area (Å²) in [4.78, 5) is 42.9. The van der Waals surface area contributed by atoms with Gasteiger partial charge in [-0.05, 0) is 61.3 Å². The molecule has 1 aromatic heterocycles. The minimum atomic E-state index is -1.38. The number of carbonyl (C=O) groups is 3. The molecule has 238 valence electrons. The minimum Gasteiger partial charge on any atom is -0.388 e. The van der Waals surface area contributed by atoms with Crippen LogP contribution in [0.15, 0.2) is 54.9 Å². The first kappa shape index (κ1) is 36.2. The topological polar surface area (TPSA) is 141 Å². The van der Waals surface area contributed by atoms with Crippen LogP contribution in [0, 0.1) is 5.92 Å². The van der Waals surface area contributed by atoms with Crippen LogP contribution in [-0.2, 0) is 16.0 Å². The van der Waals surface area contributed by atoms with Gasteiger partial charge in [0.1, 0.15) is 18.2 Å². The Hall–Kier alpha value is -2.95. The van der Waals surface area contributed by atoms with Gasteiger partial charge in [0, 0.05) is 19.3 Å². The molecule has 0 aliphatic rings. The molecule has 2 rings (SSSR count). The van der Waals surface area contributed by atoms with Gasteiger partial charge < -0.3 is 26.2 Å². The summed E-state index contributed by atoms with van der Waals surface area (Å²) >= 11 is 1.57. The minimum absolute atomic E-state index is 0.248. The van der Waals surface area contributed by atoms with Gasteiger partial charge in [-0.1, -0.05) is 69.9 Å². The van der Waals surface area contributed by atoms with Crippen molar-refractivity contribution < 1.29 is 24.6 Å². The third kappa shape index (κ3) is 13.1. The molecule has 43 heavy (non-hydrogen) atoms. The molecular formula is C33H50N4O5S. The number of carbonyl (C=O) groups excluding carboxylic acids is 3. The standard InChI is InChI=1S/C33H50N4O5S/c1-5-11-24(12-6-2)16-17-28(36-32(41)26-15-10-19-34-22-26)33(42)37-29(21-25-13-8-7-9-14-25)31(40)30(39)27(18-20-43-4)35-23(3)38/h7-10,13-15,19,22,24,27-31,39-40H,5-6,11-12,16-18,20-21H2,1-4H3,(H,35,38)(H,36,41)(H,37,42)/t27-,28-,29+,30-,31-/m1/s1. The molecule has 3 amide bonds. The lowest BCUT2D eigenvalue weighted by atomic mass is 9.90. The molecule has 0 saturated carbocycles. The number of benzene rings is 1. The maximum atomic E-state index is 13.9. The lowest BCUT2D eigenvalue weighted by Gasteiger charge is -2.33. The third-order valence-corrected chi connectivity index (χ3v) is 8.27. The molecule has 0 fully saturated rings. The number of aromatic nitrogens is 1. The van der Waals surface area contributed by atoms with Gasteiger partial charge in [0.15, 0.2) is 0 Å². The quantitative estimate of drug-likeness (QED) is 0.152. The largest absolute Gasteiger partial charge is 0.388 e. The van der Waals surface area contributed by atoms with Gasteiger partial charge in [-0.2, -0.15) is 11.8 Å². The summed E-state index contributed by atoms with van der Waals surface area (Å²) in [6.45, 7) is 5.66. The first-order chi connectivity index (χ1) is 20.7. The number of thioether (sulfide) groups is 1. The fourth-order valence-electron chi connectivity index (χ4n) is 5.38. The summed E-state index contributed by atoms with van der Waals surface area (Å²) < 4.78 is 0. The predicted octanol–water partition coefficient (Wildman–Crippen LogP) is 3.88. The molecule has 5 N–H and O–H groups in total. The van der Waals surface area contributed by atoms with Crippen molar-refractivity contribution in [1.82, 2.24) is 20.9 Å². The lowest BCUT2D eigenvalue weighted by Crippen LogP contribution is -2.59. The maximum absolute atomic E-state index is 13.9. The van der Waals surface area contributed by atoms with Crippen LogP contribution in [0.25, 0.3) is 0 Å². The summed E-state index contributed by atoms with van der Waals surface area (Å²) in [5.41, 5.74) is 1.21. The van der Waals surface area contributed by atoms with Crippen LogP contribution in [0.4, 0.5) is 0 Å². The number of hydrogen-bond donors (Lipinski definition) is 5. The molecule has 5 atom stereocenters. The summed E-state index contributed by atoms with van der Waals surface area (Å²) in [5.74, 6) is -0.0465. The Morgan fingerprint density at radius 1 is 0.837 bits per heavy atom. The predicted molar refractivity (Wildman–Crippen MR) is 173 cm³/mol. The average Bonchev–Trinajstić information content (AvgIpc) is 3.00. The van der Waals surface area contributed by atoms with Crippen molar-refractivity contribution in [1.29, 1.82) is 0 Å². The molecule has 0 aliphatic carbocycles. The van der Waals surface area contributed by atoms with E-state index in [0.29, 0.717) is 30.1 Å². The van der Waals surface area contributed by atoms with E-state index in [4.69, 9.17) is 0 Å². The summed E-state index contributed by atoms with van der Waals surface area (Å²) in [6, 6.07) is 10.3. The Bertz CT molecular complexity index is 1090. The molecule has 9 nitrogen and oxygen atoms in total. The van der Waals surface area contributed by atoms with Crippen molar-refractivity contribution >= 4 is 29.5 Å². The van der Waals surface area contributed by atoms with Gasteiger partial charge in [0.05, 0.1) is 17.6 Å². The zero-order valence-corrected chi connectivity index (χ0v) is 26.8. The van der Waals surface area contributed by atoms with E-state index < -0.39 is 42.1 Å². The van der Waals surface area contributed by atoms with Crippen LogP contribution in [0.3, 0.4) is 0 Å². The second-order valence-corrected chi connectivity index (χ2v) is 12.1. The molecule has 0 saturated heterocycles. The fraction of sp³-hybridized carbons (Fsp3) is 0.576. The Morgan fingerprint density at radius 2 is 1.51 bits per heavy atom. The summed E-state index contributed by atoms with van der Waals surface area (Å²) in [5, 5.41) is 31.3. The molecule has 0 unspecified atom stereocenters. The van der Waals surface area contributed by atoms with Crippen molar-refractivity contribution in [2.45, 2.75) is 102 Å². The molecular weight excluding hydrogens is 564 g/mol. The van der Waals surface area contributed by atoms with Gasteiger partial charge in [0.25, 0.3) is 5.91 Å².